The first-order valence-corrected chi connectivity index (χ1v) is 9.87. The van der Waals surface area contributed by atoms with E-state index in [1.807, 2.05) is 44.2 Å². The van der Waals surface area contributed by atoms with E-state index >= 15 is 0 Å². The Bertz CT molecular complexity index is 1090. The van der Waals surface area contributed by atoms with Gasteiger partial charge in [-0.25, -0.2) is 5.43 Å². The standard InChI is InChI=1S/C22H19BrF3N3O/c1-14-10-17(15(2)29(14)20-8-6-19(23)7-9-20)13-27-28-21(30)12-16-4-3-5-18(11-16)22(24,25)26/h3-11,13H,12H2,1-2H3,(H,28,30)/b27-13+. The van der Waals surface area contributed by atoms with Crippen LogP contribution >= 0.6 is 15.9 Å². The van der Waals surface area contributed by atoms with Crippen molar-refractivity contribution >= 4 is 28.1 Å². The van der Waals surface area contributed by atoms with Crippen LogP contribution in [0, 0.1) is 13.8 Å². The van der Waals surface area contributed by atoms with Gasteiger partial charge in [-0.15, -0.1) is 0 Å². The van der Waals surface area contributed by atoms with Crippen molar-refractivity contribution in [2.45, 2.75) is 26.4 Å². The zero-order chi connectivity index (χ0) is 21.9. The number of carbonyl (C=O) groups excluding carboxylic acids is 1. The van der Waals surface area contributed by atoms with Crippen molar-refractivity contribution in [2.75, 3.05) is 0 Å². The monoisotopic (exact) mass is 477 g/mol. The molecule has 0 fully saturated rings. The zero-order valence-corrected chi connectivity index (χ0v) is 17.9. The molecule has 0 radical (unpaired) electrons. The number of hydrogen-bond donors (Lipinski definition) is 1. The molecule has 1 N–H and O–H groups in total. The Kier molecular flexibility index (Phi) is 6.45. The minimum Gasteiger partial charge on any atom is -0.318 e. The topological polar surface area (TPSA) is 46.4 Å². The van der Waals surface area contributed by atoms with E-state index in [1.54, 1.807) is 0 Å². The van der Waals surface area contributed by atoms with Gasteiger partial charge < -0.3 is 4.57 Å². The summed E-state index contributed by atoms with van der Waals surface area (Å²) in [6.07, 6.45) is -3.11. The molecule has 1 amide bonds. The Labute approximate surface area is 180 Å². The largest absolute Gasteiger partial charge is 0.416 e. The lowest BCUT2D eigenvalue weighted by atomic mass is 10.1. The maximum absolute atomic E-state index is 12.8. The van der Waals surface area contributed by atoms with Crippen LogP contribution in [0.2, 0.25) is 0 Å². The summed E-state index contributed by atoms with van der Waals surface area (Å²) >= 11 is 3.42. The number of halogens is 4. The van der Waals surface area contributed by atoms with Crippen LogP contribution in [0.25, 0.3) is 5.69 Å². The molecule has 156 valence electrons. The van der Waals surface area contributed by atoms with Gasteiger partial charge in [-0.2, -0.15) is 18.3 Å². The van der Waals surface area contributed by atoms with Crippen molar-refractivity contribution < 1.29 is 18.0 Å². The van der Waals surface area contributed by atoms with Crippen molar-refractivity contribution in [3.63, 3.8) is 0 Å². The van der Waals surface area contributed by atoms with Crippen LogP contribution in [0.4, 0.5) is 13.2 Å². The summed E-state index contributed by atoms with van der Waals surface area (Å²) in [5.74, 6) is -0.493. The van der Waals surface area contributed by atoms with Gasteiger partial charge in [0.15, 0.2) is 0 Å². The van der Waals surface area contributed by atoms with Crippen LogP contribution < -0.4 is 5.43 Å². The third-order valence-corrected chi connectivity index (χ3v) is 5.10. The van der Waals surface area contributed by atoms with Crippen LogP contribution in [-0.2, 0) is 17.4 Å². The fraction of sp³-hybridized carbons (Fsp3) is 0.182. The lowest BCUT2D eigenvalue weighted by Gasteiger charge is -2.09. The summed E-state index contributed by atoms with van der Waals surface area (Å²) in [6, 6.07) is 14.5. The number of aromatic nitrogens is 1. The Morgan fingerprint density at radius 1 is 1.13 bits per heavy atom. The average Bonchev–Trinajstić information content (AvgIpc) is 2.96. The van der Waals surface area contributed by atoms with Gasteiger partial charge in [0.05, 0.1) is 18.2 Å². The van der Waals surface area contributed by atoms with Gasteiger partial charge in [0.25, 0.3) is 0 Å². The molecule has 0 aliphatic heterocycles. The van der Waals surface area contributed by atoms with Gasteiger partial charge in [-0.3, -0.25) is 4.79 Å². The molecule has 0 saturated carbocycles. The van der Waals surface area contributed by atoms with Crippen LogP contribution in [-0.4, -0.2) is 16.7 Å². The van der Waals surface area contributed by atoms with Crippen molar-refractivity contribution in [2.24, 2.45) is 5.10 Å². The molecule has 0 aliphatic rings. The van der Waals surface area contributed by atoms with Crippen LogP contribution in [0.5, 0.6) is 0 Å². The highest BCUT2D eigenvalue weighted by molar-refractivity contribution is 9.10. The molecule has 3 rings (SSSR count). The zero-order valence-electron chi connectivity index (χ0n) is 16.3. The van der Waals surface area contributed by atoms with Crippen molar-refractivity contribution in [1.29, 1.82) is 0 Å². The molecule has 30 heavy (non-hydrogen) atoms. The quantitative estimate of drug-likeness (QED) is 0.379. The molecule has 4 nitrogen and oxygen atoms in total. The molecule has 0 saturated heterocycles. The second kappa shape index (κ2) is 8.87. The molecule has 1 heterocycles. The maximum atomic E-state index is 12.8. The number of hydrogen-bond acceptors (Lipinski definition) is 2. The minimum absolute atomic E-state index is 0.195. The first-order valence-electron chi connectivity index (χ1n) is 9.08. The number of carbonyl (C=O) groups is 1. The lowest BCUT2D eigenvalue weighted by Crippen LogP contribution is -2.20. The minimum atomic E-state index is -4.44. The molecule has 0 aliphatic carbocycles. The number of hydrazone groups is 1. The number of rotatable bonds is 5. The van der Waals surface area contributed by atoms with E-state index in [1.165, 1.54) is 18.3 Å². The molecule has 1 aromatic heterocycles. The summed E-state index contributed by atoms with van der Waals surface area (Å²) in [5, 5.41) is 3.96. The Balaban J connectivity index is 1.68. The second-order valence-corrected chi connectivity index (χ2v) is 7.72. The third-order valence-electron chi connectivity index (χ3n) is 4.57. The summed E-state index contributed by atoms with van der Waals surface area (Å²) < 4.78 is 41.4. The summed E-state index contributed by atoms with van der Waals surface area (Å²) in [4.78, 5) is 12.1. The van der Waals surface area contributed by atoms with Gasteiger partial charge in [0, 0.05) is 27.1 Å². The van der Waals surface area contributed by atoms with Gasteiger partial charge in [-0.1, -0.05) is 34.1 Å². The molecule has 0 spiro atoms. The number of amides is 1. The average molecular weight is 478 g/mol. The SMILES string of the molecule is Cc1cc(/C=N/NC(=O)Cc2cccc(C(F)(F)F)c2)c(C)n1-c1ccc(Br)cc1. The Morgan fingerprint density at radius 2 is 1.83 bits per heavy atom. The highest BCUT2D eigenvalue weighted by Crippen LogP contribution is 2.29. The lowest BCUT2D eigenvalue weighted by molar-refractivity contribution is -0.137. The van der Waals surface area contributed by atoms with Crippen molar-refractivity contribution in [1.82, 2.24) is 9.99 Å². The van der Waals surface area contributed by atoms with Crippen molar-refractivity contribution in [3.05, 3.63) is 87.1 Å². The molecule has 0 atom stereocenters. The van der Waals surface area contributed by atoms with E-state index in [0.29, 0.717) is 0 Å². The summed E-state index contributed by atoms with van der Waals surface area (Å²) in [7, 11) is 0. The smallest absolute Gasteiger partial charge is 0.318 e. The van der Waals surface area contributed by atoms with Gasteiger partial charge in [-0.05, 0) is 55.8 Å². The summed E-state index contributed by atoms with van der Waals surface area (Å²) in [5.41, 5.74) is 5.65. The number of aryl methyl sites for hydroxylation is 1. The second-order valence-electron chi connectivity index (χ2n) is 6.81. The number of alkyl halides is 3. The van der Waals surface area contributed by atoms with Crippen LogP contribution in [0.3, 0.4) is 0 Å². The molecular weight excluding hydrogens is 459 g/mol. The van der Waals surface area contributed by atoms with Crippen LogP contribution in [0.15, 0.2) is 64.2 Å². The maximum Gasteiger partial charge on any atom is 0.416 e. The Morgan fingerprint density at radius 3 is 2.50 bits per heavy atom. The highest BCUT2D eigenvalue weighted by Gasteiger charge is 2.30. The fourth-order valence-electron chi connectivity index (χ4n) is 3.16. The molecule has 8 heteroatoms. The first-order chi connectivity index (χ1) is 14.1. The third kappa shape index (κ3) is 5.18. The van der Waals surface area contributed by atoms with E-state index in [-0.39, 0.29) is 12.0 Å². The van der Waals surface area contributed by atoms with E-state index in [4.69, 9.17) is 0 Å². The van der Waals surface area contributed by atoms with Gasteiger partial charge in [0.2, 0.25) is 5.91 Å². The fourth-order valence-corrected chi connectivity index (χ4v) is 3.43. The van der Waals surface area contributed by atoms with E-state index < -0.39 is 17.6 Å². The van der Waals surface area contributed by atoms with Crippen molar-refractivity contribution in [3.8, 4) is 5.69 Å². The normalized spacial score (nSPS) is 11.8. The van der Waals surface area contributed by atoms with Gasteiger partial charge >= 0.3 is 6.18 Å². The number of nitrogens with zero attached hydrogens (tertiary/aromatic N) is 2. The summed E-state index contributed by atoms with van der Waals surface area (Å²) in [6.45, 7) is 3.92. The molecule has 0 unspecified atom stereocenters. The molecular formula is C22H19BrF3N3O. The van der Waals surface area contributed by atoms with E-state index in [2.05, 4.69) is 31.0 Å². The van der Waals surface area contributed by atoms with Crippen LogP contribution in [0.1, 0.15) is 28.1 Å². The number of nitrogens with one attached hydrogen (secondary N) is 1. The molecule has 0 bridgehead atoms. The van der Waals surface area contributed by atoms with E-state index in [9.17, 15) is 18.0 Å². The highest BCUT2D eigenvalue weighted by atomic mass is 79.9. The predicted molar refractivity (Wildman–Crippen MR) is 114 cm³/mol. The predicted octanol–water partition coefficient (Wildman–Crippen LogP) is 5.57. The number of benzene rings is 2. The van der Waals surface area contributed by atoms with Gasteiger partial charge in [0.1, 0.15) is 0 Å². The molecule has 2 aromatic carbocycles. The molecule has 3 aromatic rings. The Hall–Kier alpha value is -2.87. The van der Waals surface area contributed by atoms with E-state index in [0.717, 1.165) is 39.2 Å². The first kappa shape index (κ1) is 21.8.